The smallest absolute Gasteiger partial charge is 0.142 e. The van der Waals surface area contributed by atoms with Gasteiger partial charge in [0.2, 0.25) is 0 Å². The van der Waals surface area contributed by atoms with Crippen LogP contribution in [0, 0.1) is 0 Å². The largest absolute Gasteiger partial charge is 0.489 e. The van der Waals surface area contributed by atoms with Crippen molar-refractivity contribution in [3.05, 3.63) is 114 Å². The highest BCUT2D eigenvalue weighted by Crippen LogP contribution is 2.34. The lowest BCUT2D eigenvalue weighted by Crippen LogP contribution is -1.99. The topological polar surface area (TPSA) is 47.1 Å². The number of ether oxygens (including phenoxy) is 2. The van der Waals surface area contributed by atoms with E-state index in [1.165, 1.54) is 0 Å². The molecule has 0 amide bonds. The predicted molar refractivity (Wildman–Crippen MR) is 123 cm³/mol. The number of hydrogen-bond donors (Lipinski definition) is 1. The highest BCUT2D eigenvalue weighted by atomic mass is 16.5. The van der Waals surface area contributed by atoms with Crippen LogP contribution in [-0.4, -0.2) is 9.97 Å². The van der Waals surface area contributed by atoms with E-state index in [1.807, 2.05) is 78.9 Å². The molecule has 0 radical (unpaired) electrons. The summed E-state index contributed by atoms with van der Waals surface area (Å²) < 4.78 is 12.3. The molecule has 1 heterocycles. The van der Waals surface area contributed by atoms with E-state index in [1.54, 1.807) is 0 Å². The summed E-state index contributed by atoms with van der Waals surface area (Å²) in [6.07, 6.45) is 0. The van der Waals surface area contributed by atoms with Crippen molar-refractivity contribution in [3.63, 3.8) is 0 Å². The maximum absolute atomic E-state index is 6.23. The number of aromatic amines is 1. The number of benzene rings is 4. The molecule has 0 aliphatic rings. The van der Waals surface area contributed by atoms with E-state index in [0.717, 1.165) is 45.0 Å². The van der Waals surface area contributed by atoms with Gasteiger partial charge in [0.05, 0.1) is 16.6 Å². The maximum atomic E-state index is 6.23. The highest BCUT2D eigenvalue weighted by molar-refractivity contribution is 5.80. The minimum Gasteiger partial charge on any atom is -0.489 e. The lowest BCUT2D eigenvalue weighted by Gasteiger charge is -2.13. The van der Waals surface area contributed by atoms with E-state index >= 15 is 0 Å². The Bertz CT molecular complexity index is 1250. The zero-order valence-electron chi connectivity index (χ0n) is 17.0. The van der Waals surface area contributed by atoms with Gasteiger partial charge in [-0.2, -0.15) is 0 Å². The fraction of sp³-hybridized carbons (Fsp3) is 0.0741. The first-order valence-electron chi connectivity index (χ1n) is 10.3. The Kier molecular flexibility index (Phi) is 5.35. The van der Waals surface area contributed by atoms with E-state index in [9.17, 15) is 0 Å². The number of para-hydroxylation sites is 2. The lowest BCUT2D eigenvalue weighted by molar-refractivity contribution is 0.290. The molecule has 0 spiro atoms. The van der Waals surface area contributed by atoms with Crippen LogP contribution in [0.3, 0.4) is 0 Å². The van der Waals surface area contributed by atoms with Gasteiger partial charge in [0, 0.05) is 6.07 Å². The zero-order chi connectivity index (χ0) is 20.9. The van der Waals surface area contributed by atoms with Crippen LogP contribution >= 0.6 is 0 Å². The first-order chi connectivity index (χ1) is 15.3. The molecule has 4 heteroatoms. The van der Waals surface area contributed by atoms with Crippen molar-refractivity contribution >= 4 is 11.0 Å². The molecule has 5 aromatic rings. The molecule has 0 saturated carbocycles. The van der Waals surface area contributed by atoms with Gasteiger partial charge < -0.3 is 14.5 Å². The lowest BCUT2D eigenvalue weighted by atomic mass is 10.1. The number of nitrogens with one attached hydrogen (secondary N) is 1. The molecule has 0 atom stereocenters. The molecule has 4 nitrogen and oxygen atoms in total. The molecule has 0 saturated heterocycles. The van der Waals surface area contributed by atoms with Crippen molar-refractivity contribution in [2.24, 2.45) is 0 Å². The van der Waals surface area contributed by atoms with Crippen LogP contribution in [0.1, 0.15) is 11.1 Å². The molecule has 0 unspecified atom stereocenters. The Morgan fingerprint density at radius 2 is 1.29 bits per heavy atom. The summed E-state index contributed by atoms with van der Waals surface area (Å²) in [6.45, 7) is 0.971. The van der Waals surface area contributed by atoms with E-state index in [-0.39, 0.29) is 0 Å². The number of fused-ring (bicyclic) bond motifs is 1. The molecule has 4 aromatic carbocycles. The number of nitrogens with zero attached hydrogens (tertiary/aromatic N) is 1. The Labute approximate surface area is 181 Å². The minimum atomic E-state index is 0.468. The summed E-state index contributed by atoms with van der Waals surface area (Å²) in [5.74, 6) is 2.26. The monoisotopic (exact) mass is 406 g/mol. The number of H-pyrrole nitrogens is 1. The van der Waals surface area contributed by atoms with Crippen molar-refractivity contribution in [2.45, 2.75) is 13.2 Å². The van der Waals surface area contributed by atoms with Crippen LogP contribution < -0.4 is 9.47 Å². The minimum absolute atomic E-state index is 0.468. The third-order valence-corrected chi connectivity index (χ3v) is 5.08. The highest BCUT2D eigenvalue weighted by Gasteiger charge is 2.13. The van der Waals surface area contributed by atoms with Crippen LogP contribution in [0.5, 0.6) is 11.5 Å². The van der Waals surface area contributed by atoms with Gasteiger partial charge in [-0.3, -0.25) is 0 Å². The first kappa shape index (κ1) is 18.9. The second kappa shape index (κ2) is 8.76. The molecule has 0 aliphatic carbocycles. The average molecular weight is 406 g/mol. The van der Waals surface area contributed by atoms with Gasteiger partial charge in [-0.25, -0.2) is 4.98 Å². The van der Waals surface area contributed by atoms with Gasteiger partial charge >= 0.3 is 0 Å². The molecule has 0 fully saturated rings. The van der Waals surface area contributed by atoms with E-state index in [0.29, 0.717) is 13.2 Å². The molecular weight excluding hydrogens is 384 g/mol. The van der Waals surface area contributed by atoms with Crippen molar-refractivity contribution in [2.75, 3.05) is 0 Å². The van der Waals surface area contributed by atoms with Gasteiger partial charge in [0.1, 0.15) is 30.5 Å². The van der Waals surface area contributed by atoms with E-state index < -0.39 is 0 Å². The second-order valence-corrected chi connectivity index (χ2v) is 7.31. The molecular formula is C27H22N2O2. The summed E-state index contributed by atoms with van der Waals surface area (Å²) in [5, 5.41) is 0. The normalized spacial score (nSPS) is 10.8. The fourth-order valence-corrected chi connectivity index (χ4v) is 3.46. The SMILES string of the molecule is c1ccc(COc2ccc(-c3nc4ccccc4[nH]3)c(OCc3ccccc3)c2)cc1. The second-order valence-electron chi connectivity index (χ2n) is 7.31. The Balaban J connectivity index is 1.45. The number of rotatable bonds is 7. The maximum Gasteiger partial charge on any atom is 0.142 e. The summed E-state index contributed by atoms with van der Waals surface area (Å²) in [7, 11) is 0. The Hall–Kier alpha value is -4.05. The average Bonchev–Trinajstić information content (AvgIpc) is 3.27. The third-order valence-electron chi connectivity index (χ3n) is 5.08. The standard InChI is InChI=1S/C27H22N2O2/c1-3-9-20(10-4-1)18-30-22-15-16-23(27-28-24-13-7-8-14-25(24)29-27)26(17-22)31-19-21-11-5-2-6-12-21/h1-17H,18-19H2,(H,28,29). The van der Waals surface area contributed by atoms with Crippen molar-refractivity contribution in [3.8, 4) is 22.9 Å². The van der Waals surface area contributed by atoms with E-state index in [2.05, 4.69) is 29.2 Å². The summed E-state index contributed by atoms with van der Waals surface area (Å²) >= 11 is 0. The summed E-state index contributed by atoms with van der Waals surface area (Å²) in [4.78, 5) is 8.14. The molecule has 1 aromatic heterocycles. The van der Waals surface area contributed by atoms with Crippen molar-refractivity contribution < 1.29 is 9.47 Å². The van der Waals surface area contributed by atoms with Crippen LogP contribution in [0.2, 0.25) is 0 Å². The number of imidazole rings is 1. The number of hydrogen-bond acceptors (Lipinski definition) is 3. The van der Waals surface area contributed by atoms with Gasteiger partial charge in [0.25, 0.3) is 0 Å². The van der Waals surface area contributed by atoms with Crippen molar-refractivity contribution in [1.82, 2.24) is 9.97 Å². The van der Waals surface area contributed by atoms with Gasteiger partial charge in [-0.15, -0.1) is 0 Å². The van der Waals surface area contributed by atoms with E-state index in [4.69, 9.17) is 14.5 Å². The van der Waals surface area contributed by atoms with Crippen LogP contribution in [0.25, 0.3) is 22.4 Å². The molecule has 1 N–H and O–H groups in total. The number of aromatic nitrogens is 2. The fourth-order valence-electron chi connectivity index (χ4n) is 3.46. The van der Waals surface area contributed by atoms with Gasteiger partial charge in [-0.05, 0) is 35.4 Å². The van der Waals surface area contributed by atoms with Crippen molar-refractivity contribution in [1.29, 1.82) is 0 Å². The molecule has 152 valence electrons. The Morgan fingerprint density at radius 3 is 2.00 bits per heavy atom. The first-order valence-corrected chi connectivity index (χ1v) is 10.3. The van der Waals surface area contributed by atoms with Crippen LogP contribution in [0.15, 0.2) is 103 Å². The quantitative estimate of drug-likeness (QED) is 0.341. The summed E-state index contributed by atoms with van der Waals surface area (Å²) in [6, 6.07) is 34.2. The zero-order valence-corrected chi connectivity index (χ0v) is 17.0. The molecule has 0 bridgehead atoms. The van der Waals surface area contributed by atoms with Crippen LogP contribution in [-0.2, 0) is 13.2 Å². The molecule has 0 aliphatic heterocycles. The third kappa shape index (κ3) is 4.43. The summed E-state index contributed by atoms with van der Waals surface area (Å²) in [5.41, 5.74) is 5.05. The van der Waals surface area contributed by atoms with Gasteiger partial charge in [0.15, 0.2) is 0 Å². The molecule has 31 heavy (non-hydrogen) atoms. The Morgan fingerprint density at radius 1 is 0.645 bits per heavy atom. The predicted octanol–water partition coefficient (Wildman–Crippen LogP) is 6.39. The van der Waals surface area contributed by atoms with Gasteiger partial charge in [-0.1, -0.05) is 72.8 Å². The van der Waals surface area contributed by atoms with Crippen LogP contribution in [0.4, 0.5) is 0 Å². The molecule has 5 rings (SSSR count).